The number of alkyl carbamates (subject to hydrolysis) is 1. The molecule has 0 aliphatic heterocycles. The number of rotatable bonds is 6. The molecule has 3 aromatic rings. The Hall–Kier alpha value is -2.47. The van der Waals surface area contributed by atoms with Crippen molar-refractivity contribution in [1.29, 1.82) is 0 Å². The van der Waals surface area contributed by atoms with Gasteiger partial charge in [-0.25, -0.2) is 27.3 Å². The van der Waals surface area contributed by atoms with Crippen molar-refractivity contribution in [2.45, 2.75) is 56.2 Å². The summed E-state index contributed by atoms with van der Waals surface area (Å²) in [4.78, 5) is 19.2. The number of nitrogens with zero attached hydrogens (tertiary/aromatic N) is 1. The number of aromatic amines is 1. The van der Waals surface area contributed by atoms with Crippen LogP contribution < -0.4 is 10.0 Å². The Morgan fingerprint density at radius 3 is 2.53 bits per heavy atom. The van der Waals surface area contributed by atoms with E-state index in [0.717, 1.165) is 0 Å². The van der Waals surface area contributed by atoms with Crippen molar-refractivity contribution in [3.63, 3.8) is 0 Å². The number of H-pyrrole nitrogens is 1. The van der Waals surface area contributed by atoms with Crippen LogP contribution in [-0.2, 0) is 14.8 Å². The highest BCUT2D eigenvalue weighted by atomic mass is 79.9. The minimum absolute atomic E-state index is 0.0655. The third kappa shape index (κ3) is 6.26. The van der Waals surface area contributed by atoms with Crippen molar-refractivity contribution < 1.29 is 22.3 Å². The van der Waals surface area contributed by atoms with Crippen molar-refractivity contribution in [2.24, 2.45) is 0 Å². The predicted octanol–water partition coefficient (Wildman–Crippen LogP) is 5.63. The molecular weight excluding hydrogens is 575 g/mol. The van der Waals surface area contributed by atoms with Gasteiger partial charge in [0.2, 0.25) is 10.0 Å². The lowest BCUT2D eigenvalue weighted by Crippen LogP contribution is -2.54. The van der Waals surface area contributed by atoms with Gasteiger partial charge in [0.15, 0.2) is 0 Å². The van der Waals surface area contributed by atoms with E-state index in [1.165, 1.54) is 18.2 Å². The van der Waals surface area contributed by atoms with Gasteiger partial charge in [-0.15, -0.1) is 0 Å². The van der Waals surface area contributed by atoms with Gasteiger partial charge in [-0.1, -0.05) is 17.7 Å². The number of aromatic nitrogens is 2. The summed E-state index contributed by atoms with van der Waals surface area (Å²) in [5.41, 5.74) is 1.06. The van der Waals surface area contributed by atoms with Crippen LogP contribution in [0.4, 0.5) is 9.18 Å². The molecule has 0 radical (unpaired) electrons. The smallest absolute Gasteiger partial charge is 0.407 e. The zero-order chi connectivity index (χ0) is 26.3. The molecule has 1 amide bonds. The number of hydrogen-bond acceptors (Lipinski definition) is 5. The number of carbonyl (C=O) groups excluding carboxylic acids is 1. The summed E-state index contributed by atoms with van der Waals surface area (Å²) in [5, 5.41) is 2.80. The number of hydrogen-bond donors (Lipinski definition) is 3. The average molecular weight is 600 g/mol. The van der Waals surface area contributed by atoms with Gasteiger partial charge in [-0.05, 0) is 79.9 Å². The molecule has 2 aromatic carbocycles. The molecule has 1 saturated carbocycles. The zero-order valence-electron chi connectivity index (χ0n) is 19.7. The predicted molar refractivity (Wildman–Crippen MR) is 139 cm³/mol. The second-order valence-corrected chi connectivity index (χ2v) is 12.5. The molecule has 1 aliphatic rings. The van der Waals surface area contributed by atoms with E-state index in [9.17, 15) is 17.6 Å². The molecule has 1 fully saturated rings. The Bertz CT molecular complexity index is 1400. The van der Waals surface area contributed by atoms with Gasteiger partial charge in [-0.3, -0.25) is 0 Å². The molecule has 12 heteroatoms. The van der Waals surface area contributed by atoms with E-state index in [2.05, 4.69) is 35.9 Å². The molecule has 1 heterocycles. The lowest BCUT2D eigenvalue weighted by molar-refractivity contribution is 0.0470. The number of imidazole rings is 1. The highest BCUT2D eigenvalue weighted by Gasteiger charge is 2.35. The van der Waals surface area contributed by atoms with Crippen molar-refractivity contribution in [2.75, 3.05) is 0 Å². The SMILES string of the molecule is CC(C)(C)OC(=O)NC1CC(NS(=O)(=O)c2cc(-c3ncc(-c4ccc(Br)c(F)c4)[nH]3)ccc2Cl)C1. The van der Waals surface area contributed by atoms with E-state index in [1.807, 2.05) is 0 Å². The molecule has 4 rings (SSSR count). The first-order valence-corrected chi connectivity index (χ1v) is 13.8. The number of carbonyl (C=O) groups is 1. The van der Waals surface area contributed by atoms with Crippen LogP contribution in [0, 0.1) is 5.82 Å². The van der Waals surface area contributed by atoms with Crippen LogP contribution >= 0.6 is 27.5 Å². The second kappa shape index (κ2) is 10.1. The third-order valence-electron chi connectivity index (χ3n) is 5.48. The van der Waals surface area contributed by atoms with Crippen LogP contribution in [0.25, 0.3) is 22.6 Å². The quantitative estimate of drug-likeness (QED) is 0.340. The summed E-state index contributed by atoms with van der Waals surface area (Å²) in [7, 11) is -3.94. The number of amides is 1. The van der Waals surface area contributed by atoms with Crippen molar-refractivity contribution in [3.05, 3.63) is 57.9 Å². The molecule has 0 atom stereocenters. The topological polar surface area (TPSA) is 113 Å². The van der Waals surface area contributed by atoms with Gasteiger partial charge in [-0.2, -0.15) is 0 Å². The van der Waals surface area contributed by atoms with E-state index in [0.29, 0.717) is 40.0 Å². The number of ether oxygens (including phenoxy) is 1. The molecule has 36 heavy (non-hydrogen) atoms. The van der Waals surface area contributed by atoms with Gasteiger partial charge >= 0.3 is 6.09 Å². The molecule has 192 valence electrons. The molecule has 1 aromatic heterocycles. The Balaban J connectivity index is 1.45. The van der Waals surface area contributed by atoms with Crippen LogP contribution in [0.1, 0.15) is 33.6 Å². The van der Waals surface area contributed by atoms with Gasteiger partial charge in [0.25, 0.3) is 0 Å². The number of sulfonamides is 1. The van der Waals surface area contributed by atoms with E-state index in [-0.39, 0.29) is 22.0 Å². The van der Waals surface area contributed by atoms with Crippen LogP contribution in [0.15, 0.2) is 52.0 Å². The van der Waals surface area contributed by atoms with Crippen molar-refractivity contribution in [1.82, 2.24) is 20.0 Å². The molecular formula is C24H25BrClFN4O4S. The summed E-state index contributed by atoms with van der Waals surface area (Å²) in [6.07, 6.45) is 1.88. The maximum Gasteiger partial charge on any atom is 0.407 e. The lowest BCUT2D eigenvalue weighted by atomic mass is 9.88. The Kier molecular flexibility index (Phi) is 7.47. The number of benzene rings is 2. The maximum atomic E-state index is 13.9. The largest absolute Gasteiger partial charge is 0.444 e. The summed E-state index contributed by atoms with van der Waals surface area (Å²) in [6, 6.07) is 8.73. The fraction of sp³-hybridized carbons (Fsp3) is 0.333. The monoisotopic (exact) mass is 598 g/mol. The first-order chi connectivity index (χ1) is 16.8. The van der Waals surface area contributed by atoms with Gasteiger partial charge < -0.3 is 15.0 Å². The average Bonchev–Trinajstić information content (AvgIpc) is 3.23. The molecule has 3 N–H and O–H groups in total. The normalized spacial score (nSPS) is 17.9. The Morgan fingerprint density at radius 2 is 1.86 bits per heavy atom. The standard InChI is InChI=1S/C24H25BrClFN4O4S/c1-24(2,3)35-23(32)29-15-10-16(11-15)31-36(33,34)21-9-14(5-7-18(21)26)22-28-12-20(30-22)13-4-6-17(25)19(27)8-13/h4-9,12,15-16,31H,10-11H2,1-3H3,(H,28,30)(H,29,32). The van der Waals surface area contributed by atoms with Crippen molar-refractivity contribution >= 4 is 43.6 Å². The third-order valence-corrected chi connectivity index (χ3v) is 8.13. The fourth-order valence-corrected chi connectivity index (χ4v) is 5.76. The van der Waals surface area contributed by atoms with Gasteiger partial charge in [0, 0.05) is 23.2 Å². The second-order valence-electron chi connectivity index (χ2n) is 9.55. The first kappa shape index (κ1) is 26.6. The van der Waals surface area contributed by atoms with E-state index < -0.39 is 27.5 Å². The highest BCUT2D eigenvalue weighted by molar-refractivity contribution is 9.10. The summed E-state index contributed by atoms with van der Waals surface area (Å²) < 4.78 is 48.3. The van der Waals surface area contributed by atoms with Crippen LogP contribution in [-0.4, -0.2) is 42.2 Å². The summed E-state index contributed by atoms with van der Waals surface area (Å²) >= 11 is 9.36. The van der Waals surface area contributed by atoms with Crippen LogP contribution in [0.3, 0.4) is 0 Å². The van der Waals surface area contributed by atoms with Gasteiger partial charge in [0.05, 0.1) is 21.4 Å². The minimum Gasteiger partial charge on any atom is -0.444 e. The number of halogens is 3. The molecule has 0 saturated heterocycles. The zero-order valence-corrected chi connectivity index (χ0v) is 22.9. The maximum absolute atomic E-state index is 13.9. The molecule has 0 bridgehead atoms. The minimum atomic E-state index is -3.94. The van der Waals surface area contributed by atoms with E-state index in [1.54, 1.807) is 45.2 Å². The molecule has 8 nitrogen and oxygen atoms in total. The van der Waals surface area contributed by atoms with E-state index >= 15 is 0 Å². The number of nitrogens with one attached hydrogen (secondary N) is 3. The van der Waals surface area contributed by atoms with Crippen molar-refractivity contribution in [3.8, 4) is 22.6 Å². The van der Waals surface area contributed by atoms with Gasteiger partial charge in [0.1, 0.15) is 22.1 Å². The highest BCUT2D eigenvalue weighted by Crippen LogP contribution is 2.31. The summed E-state index contributed by atoms with van der Waals surface area (Å²) in [6.45, 7) is 5.31. The Morgan fingerprint density at radius 1 is 1.17 bits per heavy atom. The summed E-state index contributed by atoms with van der Waals surface area (Å²) in [5.74, 6) is 0.000775. The first-order valence-electron chi connectivity index (χ1n) is 11.1. The van der Waals surface area contributed by atoms with Crippen LogP contribution in [0.5, 0.6) is 0 Å². The molecule has 1 aliphatic carbocycles. The molecule has 0 spiro atoms. The lowest BCUT2D eigenvalue weighted by Gasteiger charge is -2.36. The Labute approximate surface area is 222 Å². The van der Waals surface area contributed by atoms with E-state index in [4.69, 9.17) is 16.3 Å². The van der Waals surface area contributed by atoms with Crippen LogP contribution in [0.2, 0.25) is 5.02 Å². The molecule has 0 unspecified atom stereocenters. The fourth-order valence-electron chi connectivity index (χ4n) is 3.72.